The molecule has 4 nitrogen and oxygen atoms in total. The van der Waals surface area contributed by atoms with Crippen molar-refractivity contribution in [1.29, 1.82) is 0 Å². The maximum absolute atomic E-state index is 4.48. The molecule has 2 aromatic rings. The number of hydrogen-bond donors (Lipinski definition) is 2. The van der Waals surface area contributed by atoms with Crippen LogP contribution < -0.4 is 5.32 Å². The maximum Gasteiger partial charge on any atom is 0.177 e. The van der Waals surface area contributed by atoms with Gasteiger partial charge >= 0.3 is 0 Å². The zero-order chi connectivity index (χ0) is 11.5. The quantitative estimate of drug-likeness (QED) is 0.828. The molecule has 2 rings (SSSR count). The van der Waals surface area contributed by atoms with Crippen molar-refractivity contribution in [2.45, 2.75) is 33.2 Å². The van der Waals surface area contributed by atoms with Gasteiger partial charge in [-0.2, -0.15) is 0 Å². The predicted octanol–water partition coefficient (Wildman–Crippen LogP) is 2.33. The van der Waals surface area contributed by atoms with E-state index in [1.807, 2.05) is 13.1 Å². The number of fused-ring (bicyclic) bond motifs is 1. The Labute approximate surface area is 95.5 Å². The second kappa shape index (κ2) is 4.61. The van der Waals surface area contributed by atoms with Crippen LogP contribution in [0.3, 0.4) is 0 Å². The van der Waals surface area contributed by atoms with Gasteiger partial charge in [0.1, 0.15) is 5.82 Å². The van der Waals surface area contributed by atoms with E-state index in [0.717, 1.165) is 35.5 Å². The Balaban J connectivity index is 2.25. The van der Waals surface area contributed by atoms with Gasteiger partial charge in [-0.15, -0.1) is 0 Å². The zero-order valence-electron chi connectivity index (χ0n) is 10.0. The van der Waals surface area contributed by atoms with Crippen molar-refractivity contribution in [2.75, 3.05) is 6.54 Å². The van der Waals surface area contributed by atoms with E-state index in [-0.39, 0.29) is 6.04 Å². The minimum Gasteiger partial charge on any atom is -0.339 e. The lowest BCUT2D eigenvalue weighted by molar-refractivity contribution is 0.550. The summed E-state index contributed by atoms with van der Waals surface area (Å²) in [6.45, 7) is 7.31. The molecule has 1 atom stereocenters. The molecular weight excluding hydrogens is 200 g/mol. The average Bonchev–Trinajstić information content (AvgIpc) is 2.68. The summed E-state index contributed by atoms with van der Waals surface area (Å²) in [5.74, 6) is 0.960. The number of hydrogen-bond acceptors (Lipinski definition) is 3. The van der Waals surface area contributed by atoms with Gasteiger partial charge in [0.05, 0.1) is 11.6 Å². The summed E-state index contributed by atoms with van der Waals surface area (Å²) in [7, 11) is 0. The van der Waals surface area contributed by atoms with Gasteiger partial charge in [-0.25, -0.2) is 9.97 Å². The number of pyridine rings is 1. The Morgan fingerprint density at radius 3 is 3.06 bits per heavy atom. The van der Waals surface area contributed by atoms with Crippen LogP contribution in [-0.4, -0.2) is 21.5 Å². The Kier molecular flexibility index (Phi) is 3.19. The Morgan fingerprint density at radius 2 is 2.31 bits per heavy atom. The van der Waals surface area contributed by atoms with E-state index < -0.39 is 0 Å². The number of nitrogens with one attached hydrogen (secondary N) is 2. The lowest BCUT2D eigenvalue weighted by atomic mass is 10.3. The molecule has 4 heteroatoms. The number of aryl methyl sites for hydroxylation is 1. The highest BCUT2D eigenvalue weighted by molar-refractivity contribution is 5.71. The first-order chi connectivity index (χ1) is 7.70. The molecule has 16 heavy (non-hydrogen) atoms. The largest absolute Gasteiger partial charge is 0.339 e. The van der Waals surface area contributed by atoms with Gasteiger partial charge in [-0.05, 0) is 38.4 Å². The molecular formula is C12H18N4. The summed E-state index contributed by atoms with van der Waals surface area (Å²) in [6.07, 6.45) is 2.97. The molecule has 0 spiro atoms. The van der Waals surface area contributed by atoms with Gasteiger partial charge in [0.2, 0.25) is 0 Å². The van der Waals surface area contributed by atoms with Crippen molar-refractivity contribution >= 4 is 11.2 Å². The summed E-state index contributed by atoms with van der Waals surface area (Å²) < 4.78 is 0. The number of nitrogens with zero attached hydrogens (tertiary/aromatic N) is 2. The second-order valence-corrected chi connectivity index (χ2v) is 4.18. The third-order valence-electron chi connectivity index (χ3n) is 2.60. The van der Waals surface area contributed by atoms with Gasteiger partial charge in [-0.1, -0.05) is 6.92 Å². The van der Waals surface area contributed by atoms with E-state index in [2.05, 4.69) is 40.2 Å². The van der Waals surface area contributed by atoms with Gasteiger partial charge in [0.25, 0.3) is 0 Å². The van der Waals surface area contributed by atoms with E-state index >= 15 is 0 Å². The summed E-state index contributed by atoms with van der Waals surface area (Å²) in [4.78, 5) is 12.1. The van der Waals surface area contributed by atoms with Gasteiger partial charge in [-0.3, -0.25) is 0 Å². The van der Waals surface area contributed by atoms with Crippen molar-refractivity contribution in [1.82, 2.24) is 20.3 Å². The number of H-pyrrole nitrogens is 1. The summed E-state index contributed by atoms with van der Waals surface area (Å²) >= 11 is 0. The molecule has 0 amide bonds. The first-order valence-corrected chi connectivity index (χ1v) is 5.76. The lowest BCUT2D eigenvalue weighted by Gasteiger charge is -2.09. The van der Waals surface area contributed by atoms with E-state index in [1.54, 1.807) is 0 Å². The van der Waals surface area contributed by atoms with E-state index in [4.69, 9.17) is 0 Å². The van der Waals surface area contributed by atoms with Crippen LogP contribution >= 0.6 is 0 Å². The van der Waals surface area contributed by atoms with Crippen LogP contribution in [0.5, 0.6) is 0 Å². The standard InChI is InChI=1S/C12H18N4/c1-4-5-13-9(3)11-15-10-6-8(2)7-14-12(10)16-11/h6-7,9,13H,4-5H2,1-3H3,(H,14,15,16). The highest BCUT2D eigenvalue weighted by Gasteiger charge is 2.10. The van der Waals surface area contributed by atoms with Crippen LogP contribution in [0.1, 0.15) is 37.7 Å². The average molecular weight is 218 g/mol. The summed E-state index contributed by atoms with van der Waals surface area (Å²) in [5, 5.41) is 3.40. The Hall–Kier alpha value is -1.42. The fraction of sp³-hybridized carbons (Fsp3) is 0.500. The van der Waals surface area contributed by atoms with Crippen LogP contribution in [0.2, 0.25) is 0 Å². The van der Waals surface area contributed by atoms with E-state index in [0.29, 0.717) is 0 Å². The van der Waals surface area contributed by atoms with Crippen molar-refractivity contribution in [2.24, 2.45) is 0 Å². The highest BCUT2D eigenvalue weighted by atomic mass is 15.0. The molecule has 1 unspecified atom stereocenters. The molecule has 86 valence electrons. The fourth-order valence-electron chi connectivity index (χ4n) is 1.69. The fourth-order valence-corrected chi connectivity index (χ4v) is 1.69. The zero-order valence-corrected chi connectivity index (χ0v) is 10.0. The summed E-state index contributed by atoms with van der Waals surface area (Å²) in [5.41, 5.74) is 2.96. The monoisotopic (exact) mass is 218 g/mol. The Bertz CT molecular complexity index is 475. The normalized spacial score (nSPS) is 13.2. The van der Waals surface area contributed by atoms with Crippen molar-refractivity contribution < 1.29 is 0 Å². The van der Waals surface area contributed by atoms with Crippen LogP contribution in [0.4, 0.5) is 0 Å². The molecule has 0 aliphatic heterocycles. The molecule has 2 heterocycles. The van der Waals surface area contributed by atoms with Crippen LogP contribution in [0, 0.1) is 6.92 Å². The van der Waals surface area contributed by atoms with Gasteiger partial charge in [0, 0.05) is 6.20 Å². The molecule has 0 aliphatic rings. The third-order valence-corrected chi connectivity index (χ3v) is 2.60. The predicted molar refractivity (Wildman–Crippen MR) is 65.3 cm³/mol. The molecule has 0 fully saturated rings. The number of aromatic amines is 1. The summed E-state index contributed by atoms with van der Waals surface area (Å²) in [6, 6.07) is 2.32. The number of rotatable bonds is 4. The molecule has 0 saturated heterocycles. The first-order valence-electron chi connectivity index (χ1n) is 5.76. The topological polar surface area (TPSA) is 53.6 Å². The lowest BCUT2D eigenvalue weighted by Crippen LogP contribution is -2.20. The third kappa shape index (κ3) is 2.22. The molecule has 0 saturated carbocycles. The molecule has 0 aromatic carbocycles. The minimum absolute atomic E-state index is 0.245. The van der Waals surface area contributed by atoms with Crippen LogP contribution in [0.15, 0.2) is 12.3 Å². The maximum atomic E-state index is 4.48. The SMILES string of the molecule is CCCNC(C)c1nc2ncc(C)cc2[nH]1. The van der Waals surface area contributed by atoms with Gasteiger partial charge in [0.15, 0.2) is 5.65 Å². The molecule has 0 bridgehead atoms. The molecule has 0 radical (unpaired) electrons. The Morgan fingerprint density at radius 1 is 1.50 bits per heavy atom. The van der Waals surface area contributed by atoms with Crippen LogP contribution in [-0.2, 0) is 0 Å². The van der Waals surface area contributed by atoms with Crippen LogP contribution in [0.25, 0.3) is 11.2 Å². The highest BCUT2D eigenvalue weighted by Crippen LogP contribution is 2.14. The van der Waals surface area contributed by atoms with E-state index in [1.165, 1.54) is 0 Å². The number of imidazole rings is 1. The first kappa shape index (κ1) is 11.1. The van der Waals surface area contributed by atoms with Crippen molar-refractivity contribution in [3.63, 3.8) is 0 Å². The number of aromatic nitrogens is 3. The minimum atomic E-state index is 0.245. The van der Waals surface area contributed by atoms with E-state index in [9.17, 15) is 0 Å². The van der Waals surface area contributed by atoms with Crippen molar-refractivity contribution in [3.05, 3.63) is 23.7 Å². The molecule has 2 N–H and O–H groups in total. The molecule has 2 aromatic heterocycles. The second-order valence-electron chi connectivity index (χ2n) is 4.18. The van der Waals surface area contributed by atoms with Crippen molar-refractivity contribution in [3.8, 4) is 0 Å². The molecule has 0 aliphatic carbocycles. The smallest absolute Gasteiger partial charge is 0.177 e. The van der Waals surface area contributed by atoms with Gasteiger partial charge < -0.3 is 10.3 Å².